The fourth-order valence-electron chi connectivity index (χ4n) is 3.15. The molecular weight excluding hydrogens is 320 g/mol. The molecule has 126 valence electrons. The van der Waals surface area contributed by atoms with E-state index in [1.807, 2.05) is 31.2 Å². The van der Waals surface area contributed by atoms with E-state index in [1.54, 1.807) is 12.1 Å². The Morgan fingerprint density at radius 3 is 2.54 bits per heavy atom. The monoisotopic (exact) mass is 343 g/mol. The number of carbonyl (C=O) groups is 2. The topological polar surface area (TPSA) is 50.6 Å². The van der Waals surface area contributed by atoms with E-state index < -0.39 is 0 Å². The van der Waals surface area contributed by atoms with E-state index in [4.69, 9.17) is 0 Å². The highest BCUT2D eigenvalue weighted by Crippen LogP contribution is 2.29. The maximum Gasteiger partial charge on any atom is 0.280 e. The first kappa shape index (κ1) is 16.9. The largest absolute Gasteiger partial charge is 0.327 e. The number of ketones is 1. The van der Waals surface area contributed by atoms with Gasteiger partial charge in [0.25, 0.3) is 5.91 Å². The number of hydrogen-bond acceptors (Lipinski definition) is 3. The van der Waals surface area contributed by atoms with Crippen LogP contribution in [0.1, 0.15) is 40.1 Å². The molecule has 2 heterocycles. The molecule has 0 unspecified atom stereocenters. The minimum atomic E-state index is -0.0411. The van der Waals surface area contributed by atoms with Gasteiger partial charge in [0.15, 0.2) is 12.3 Å². The molecule has 1 amide bonds. The van der Waals surface area contributed by atoms with Crippen LogP contribution in [0.2, 0.25) is 0 Å². The van der Waals surface area contributed by atoms with Crippen molar-refractivity contribution in [3.8, 4) is 0 Å². The lowest BCUT2D eigenvalue weighted by molar-refractivity contribution is -0.896. The summed E-state index contributed by atoms with van der Waals surface area (Å²) in [5.41, 5.74) is 1.23. The highest BCUT2D eigenvalue weighted by Gasteiger charge is 2.21. The summed E-state index contributed by atoms with van der Waals surface area (Å²) in [6, 6.07) is 11.1. The van der Waals surface area contributed by atoms with Crippen molar-refractivity contribution in [1.82, 2.24) is 0 Å². The standard InChI is InChI=1S/C19H22N2O2S/c1-14-12-16(18(23)15-8-4-2-5-9-15)19(24-14)20-17(22)13-21-10-6-3-7-11-21/h2,4-5,8-9,12H,3,6-7,10-11,13H2,1H3,(H,20,22)/p+1. The molecule has 3 rings (SSSR count). The van der Waals surface area contributed by atoms with Crippen LogP contribution in [0.15, 0.2) is 36.4 Å². The van der Waals surface area contributed by atoms with Crippen molar-refractivity contribution in [3.05, 3.63) is 52.4 Å². The number of amides is 1. The molecule has 0 atom stereocenters. The van der Waals surface area contributed by atoms with Crippen LogP contribution in [0, 0.1) is 6.92 Å². The van der Waals surface area contributed by atoms with Crippen molar-refractivity contribution >= 4 is 28.0 Å². The minimum absolute atomic E-state index is 0.00383. The van der Waals surface area contributed by atoms with Gasteiger partial charge in [-0.05, 0) is 32.3 Å². The van der Waals surface area contributed by atoms with Crippen LogP contribution in [0.3, 0.4) is 0 Å². The molecule has 5 heteroatoms. The predicted octanol–water partition coefficient (Wildman–Crippen LogP) is 2.29. The normalized spacial score (nSPS) is 15.2. The Morgan fingerprint density at radius 1 is 1.12 bits per heavy atom. The van der Waals surface area contributed by atoms with Crippen molar-refractivity contribution in [2.45, 2.75) is 26.2 Å². The molecule has 2 N–H and O–H groups in total. The molecule has 0 aliphatic carbocycles. The van der Waals surface area contributed by atoms with Crippen LogP contribution in [0.4, 0.5) is 5.00 Å². The molecule has 24 heavy (non-hydrogen) atoms. The number of carbonyl (C=O) groups excluding carboxylic acids is 2. The van der Waals surface area contributed by atoms with Crippen LogP contribution in [-0.4, -0.2) is 31.3 Å². The van der Waals surface area contributed by atoms with Gasteiger partial charge in [-0.2, -0.15) is 0 Å². The molecule has 0 spiro atoms. The number of hydrogen-bond donors (Lipinski definition) is 2. The van der Waals surface area contributed by atoms with Gasteiger partial charge in [0.2, 0.25) is 0 Å². The van der Waals surface area contributed by atoms with E-state index in [9.17, 15) is 9.59 Å². The molecule has 1 aliphatic heterocycles. The van der Waals surface area contributed by atoms with E-state index in [2.05, 4.69) is 5.32 Å². The Hall–Kier alpha value is -1.98. The fraction of sp³-hybridized carbons (Fsp3) is 0.368. The van der Waals surface area contributed by atoms with Gasteiger partial charge in [-0.3, -0.25) is 9.59 Å². The molecule has 1 aromatic heterocycles. The Morgan fingerprint density at radius 2 is 1.83 bits per heavy atom. The second-order valence-corrected chi connectivity index (χ2v) is 7.59. The van der Waals surface area contributed by atoms with Crippen LogP contribution in [0.5, 0.6) is 0 Å². The number of quaternary nitrogens is 1. The Labute approximate surface area is 146 Å². The van der Waals surface area contributed by atoms with Crippen LogP contribution in [0.25, 0.3) is 0 Å². The third kappa shape index (κ3) is 4.10. The molecule has 0 radical (unpaired) electrons. The maximum absolute atomic E-state index is 12.7. The zero-order valence-corrected chi connectivity index (χ0v) is 14.7. The lowest BCUT2D eigenvalue weighted by Gasteiger charge is -2.22. The van der Waals surface area contributed by atoms with Gasteiger partial charge < -0.3 is 10.2 Å². The SMILES string of the molecule is Cc1cc(C(=O)c2ccccc2)c(NC(=O)C[NH+]2CCCCC2)s1. The number of thiophene rings is 1. The molecule has 4 nitrogen and oxygen atoms in total. The summed E-state index contributed by atoms with van der Waals surface area (Å²) in [5, 5.41) is 3.64. The third-order valence-electron chi connectivity index (χ3n) is 4.36. The van der Waals surface area contributed by atoms with E-state index in [0.29, 0.717) is 22.7 Å². The van der Waals surface area contributed by atoms with E-state index in [-0.39, 0.29) is 11.7 Å². The average molecular weight is 343 g/mol. The van der Waals surface area contributed by atoms with Gasteiger partial charge in [0.05, 0.1) is 18.7 Å². The highest BCUT2D eigenvalue weighted by atomic mass is 32.1. The number of benzene rings is 1. The van der Waals surface area contributed by atoms with E-state index in [0.717, 1.165) is 18.0 Å². The molecule has 0 bridgehead atoms. The van der Waals surface area contributed by atoms with Crippen LogP contribution < -0.4 is 10.2 Å². The number of aryl methyl sites for hydroxylation is 1. The zero-order chi connectivity index (χ0) is 16.9. The smallest absolute Gasteiger partial charge is 0.280 e. The van der Waals surface area contributed by atoms with Gasteiger partial charge >= 0.3 is 0 Å². The third-order valence-corrected chi connectivity index (χ3v) is 5.33. The fourth-order valence-corrected chi connectivity index (χ4v) is 4.07. The summed E-state index contributed by atoms with van der Waals surface area (Å²) >= 11 is 1.47. The first-order valence-electron chi connectivity index (χ1n) is 8.47. The highest BCUT2D eigenvalue weighted by molar-refractivity contribution is 7.16. The molecular formula is C19H23N2O2S+. The maximum atomic E-state index is 12.7. The van der Waals surface area contributed by atoms with Crippen molar-refractivity contribution in [2.75, 3.05) is 25.0 Å². The lowest BCUT2D eigenvalue weighted by Crippen LogP contribution is -3.13. The van der Waals surface area contributed by atoms with Crippen molar-refractivity contribution < 1.29 is 14.5 Å². The van der Waals surface area contributed by atoms with Crippen LogP contribution >= 0.6 is 11.3 Å². The zero-order valence-electron chi connectivity index (χ0n) is 13.9. The number of likely N-dealkylation sites (tertiary alicyclic amines) is 1. The van der Waals surface area contributed by atoms with Crippen molar-refractivity contribution in [2.24, 2.45) is 0 Å². The first-order valence-corrected chi connectivity index (χ1v) is 9.29. The molecule has 1 saturated heterocycles. The molecule has 1 aliphatic rings. The first-order chi connectivity index (χ1) is 11.6. The summed E-state index contributed by atoms with van der Waals surface area (Å²) < 4.78 is 0. The molecule has 1 aromatic carbocycles. The quantitative estimate of drug-likeness (QED) is 0.819. The molecule has 1 fully saturated rings. The van der Waals surface area contributed by atoms with Gasteiger partial charge in [0, 0.05) is 10.4 Å². The summed E-state index contributed by atoms with van der Waals surface area (Å²) in [7, 11) is 0. The minimum Gasteiger partial charge on any atom is -0.327 e. The number of rotatable bonds is 5. The second kappa shape index (κ2) is 7.73. The number of nitrogens with one attached hydrogen (secondary N) is 2. The lowest BCUT2D eigenvalue weighted by atomic mass is 10.1. The van der Waals surface area contributed by atoms with Crippen LogP contribution in [-0.2, 0) is 4.79 Å². The number of anilines is 1. The van der Waals surface area contributed by atoms with Gasteiger partial charge in [-0.15, -0.1) is 11.3 Å². The van der Waals surface area contributed by atoms with Crippen molar-refractivity contribution in [1.29, 1.82) is 0 Å². The van der Waals surface area contributed by atoms with Gasteiger partial charge in [-0.1, -0.05) is 30.3 Å². The molecule has 2 aromatic rings. The summed E-state index contributed by atoms with van der Waals surface area (Å²) in [6.07, 6.45) is 3.65. The van der Waals surface area contributed by atoms with Gasteiger partial charge in [0.1, 0.15) is 5.00 Å². The molecule has 0 saturated carbocycles. The summed E-state index contributed by atoms with van der Waals surface area (Å²) in [6.45, 7) is 4.56. The Kier molecular flexibility index (Phi) is 5.43. The second-order valence-electron chi connectivity index (χ2n) is 6.33. The number of piperidine rings is 1. The Balaban J connectivity index is 1.72. The van der Waals surface area contributed by atoms with E-state index in [1.165, 1.54) is 35.5 Å². The Bertz CT molecular complexity index is 718. The van der Waals surface area contributed by atoms with Crippen molar-refractivity contribution in [3.63, 3.8) is 0 Å². The summed E-state index contributed by atoms with van der Waals surface area (Å²) in [4.78, 5) is 27.4. The van der Waals surface area contributed by atoms with Gasteiger partial charge in [-0.25, -0.2) is 0 Å². The summed E-state index contributed by atoms with van der Waals surface area (Å²) in [5.74, 6) is -0.0450. The van der Waals surface area contributed by atoms with E-state index >= 15 is 0 Å². The predicted molar refractivity (Wildman–Crippen MR) is 97.0 cm³/mol. The average Bonchev–Trinajstić information content (AvgIpc) is 2.96.